The summed E-state index contributed by atoms with van der Waals surface area (Å²) in [6, 6.07) is 18.2. The Hall–Kier alpha value is -2.43. The van der Waals surface area contributed by atoms with E-state index in [1.807, 2.05) is 30.3 Å². The fourth-order valence-electron chi connectivity index (χ4n) is 2.80. The normalized spacial score (nSPS) is 12.1. The maximum atomic E-state index is 12.5. The first-order valence-electron chi connectivity index (χ1n) is 7.81. The number of thiophene rings is 1. The van der Waals surface area contributed by atoms with Gasteiger partial charge in [0.1, 0.15) is 11.3 Å². The van der Waals surface area contributed by atoms with Crippen LogP contribution in [-0.2, 0) is 0 Å². The van der Waals surface area contributed by atoms with Crippen molar-refractivity contribution < 1.29 is 4.42 Å². The van der Waals surface area contributed by atoms with Gasteiger partial charge in [0.05, 0.1) is 26.7 Å². The van der Waals surface area contributed by atoms with Crippen LogP contribution in [0, 0.1) is 0 Å². The lowest BCUT2D eigenvalue weighted by molar-refractivity contribution is 0.484. The van der Waals surface area contributed by atoms with E-state index in [-0.39, 0.29) is 5.63 Å². The minimum Gasteiger partial charge on any atom is -0.422 e. The van der Waals surface area contributed by atoms with Crippen LogP contribution in [0.15, 0.2) is 63.8 Å². The summed E-state index contributed by atoms with van der Waals surface area (Å²) < 4.78 is 7.47. The summed E-state index contributed by atoms with van der Waals surface area (Å²) in [4.78, 5) is 13.5. The number of quaternary nitrogens is 1. The minimum absolute atomic E-state index is 0.285. The van der Waals surface area contributed by atoms with E-state index in [0.717, 1.165) is 21.3 Å². The first-order valence-corrected chi connectivity index (χ1v) is 8.62. The summed E-state index contributed by atoms with van der Waals surface area (Å²) >= 11 is 1.62. The van der Waals surface area contributed by atoms with Crippen LogP contribution in [0.2, 0.25) is 0 Å². The Morgan fingerprint density at radius 2 is 1.71 bits per heavy atom. The molecule has 0 radical (unpaired) electrons. The van der Waals surface area contributed by atoms with Crippen molar-refractivity contribution in [2.24, 2.45) is 0 Å². The SMILES string of the molecule is C[N+](C)(C)c1ccc2cc(-c3cc4ccccc4s3)c(=O)oc2c1. The molecule has 0 aliphatic rings. The Morgan fingerprint density at radius 3 is 2.46 bits per heavy atom. The van der Waals surface area contributed by atoms with E-state index in [9.17, 15) is 4.79 Å². The van der Waals surface area contributed by atoms with Crippen molar-refractivity contribution in [3.63, 3.8) is 0 Å². The van der Waals surface area contributed by atoms with E-state index >= 15 is 0 Å². The van der Waals surface area contributed by atoms with E-state index in [1.54, 1.807) is 11.3 Å². The largest absolute Gasteiger partial charge is 0.422 e. The third kappa shape index (κ3) is 2.54. The van der Waals surface area contributed by atoms with Gasteiger partial charge in [-0.2, -0.15) is 0 Å². The molecular formula is C20H18NO2S+. The van der Waals surface area contributed by atoms with Crippen LogP contribution in [0.3, 0.4) is 0 Å². The molecule has 0 N–H and O–H groups in total. The number of benzene rings is 2. The Kier molecular flexibility index (Phi) is 3.34. The monoisotopic (exact) mass is 336 g/mol. The van der Waals surface area contributed by atoms with E-state index in [4.69, 9.17) is 4.42 Å². The second-order valence-electron chi connectivity index (χ2n) is 6.83. The topological polar surface area (TPSA) is 30.2 Å². The van der Waals surface area contributed by atoms with Gasteiger partial charge in [0, 0.05) is 21.0 Å². The smallest absolute Gasteiger partial charge is 0.345 e. The van der Waals surface area contributed by atoms with Crippen molar-refractivity contribution in [3.05, 3.63) is 65.0 Å². The summed E-state index contributed by atoms with van der Waals surface area (Å²) in [7, 11) is 6.26. The van der Waals surface area contributed by atoms with Gasteiger partial charge in [0.2, 0.25) is 0 Å². The van der Waals surface area contributed by atoms with Crippen molar-refractivity contribution in [1.82, 2.24) is 4.48 Å². The lowest BCUT2D eigenvalue weighted by atomic mass is 10.1. The molecule has 2 aromatic carbocycles. The third-order valence-corrected chi connectivity index (χ3v) is 5.33. The van der Waals surface area contributed by atoms with E-state index < -0.39 is 0 Å². The highest BCUT2D eigenvalue weighted by molar-refractivity contribution is 7.22. The molecule has 3 nitrogen and oxygen atoms in total. The maximum absolute atomic E-state index is 12.5. The maximum Gasteiger partial charge on any atom is 0.345 e. The van der Waals surface area contributed by atoms with Crippen LogP contribution in [0.1, 0.15) is 0 Å². The lowest BCUT2D eigenvalue weighted by Gasteiger charge is -2.23. The molecule has 0 saturated carbocycles. The van der Waals surface area contributed by atoms with Gasteiger partial charge >= 0.3 is 5.63 Å². The Balaban J connectivity index is 1.90. The summed E-state index contributed by atoms with van der Waals surface area (Å²) in [6.07, 6.45) is 0. The molecular weight excluding hydrogens is 318 g/mol. The number of hydrogen-bond acceptors (Lipinski definition) is 3. The van der Waals surface area contributed by atoms with Gasteiger partial charge in [-0.05, 0) is 35.7 Å². The fraction of sp³-hybridized carbons (Fsp3) is 0.150. The van der Waals surface area contributed by atoms with Gasteiger partial charge in [-0.3, -0.25) is 4.48 Å². The zero-order valence-electron chi connectivity index (χ0n) is 13.9. The Labute approximate surface area is 144 Å². The van der Waals surface area contributed by atoms with Crippen LogP contribution in [0.25, 0.3) is 31.5 Å². The first-order chi connectivity index (χ1) is 11.4. The highest BCUT2D eigenvalue weighted by Gasteiger charge is 2.15. The number of nitrogens with zero attached hydrogens (tertiary/aromatic N) is 1. The molecule has 0 unspecified atom stereocenters. The quantitative estimate of drug-likeness (QED) is 0.386. The van der Waals surface area contributed by atoms with Crippen molar-refractivity contribution in [1.29, 1.82) is 0 Å². The molecule has 24 heavy (non-hydrogen) atoms. The highest BCUT2D eigenvalue weighted by atomic mass is 32.1. The van der Waals surface area contributed by atoms with Crippen molar-refractivity contribution in [3.8, 4) is 10.4 Å². The third-order valence-electron chi connectivity index (χ3n) is 4.19. The van der Waals surface area contributed by atoms with Crippen molar-refractivity contribution in [2.75, 3.05) is 21.1 Å². The van der Waals surface area contributed by atoms with Crippen molar-refractivity contribution >= 4 is 38.1 Å². The highest BCUT2D eigenvalue weighted by Crippen LogP contribution is 2.33. The molecule has 0 atom stereocenters. The van der Waals surface area contributed by atoms with Gasteiger partial charge in [-0.25, -0.2) is 4.79 Å². The van der Waals surface area contributed by atoms with Crippen LogP contribution in [-0.4, -0.2) is 21.1 Å². The molecule has 2 heterocycles. The summed E-state index contributed by atoms with van der Waals surface area (Å²) in [5.41, 5.74) is 2.07. The lowest BCUT2D eigenvalue weighted by Crippen LogP contribution is -2.34. The van der Waals surface area contributed by atoms with Gasteiger partial charge in [0.15, 0.2) is 0 Å². The molecule has 4 heteroatoms. The first kappa shape index (κ1) is 15.1. The molecule has 0 spiro atoms. The minimum atomic E-state index is -0.285. The number of rotatable bonds is 2. The molecule has 2 aromatic heterocycles. The predicted octanol–water partition coefficient (Wildman–Crippen LogP) is 4.87. The average molecular weight is 336 g/mol. The summed E-state index contributed by atoms with van der Waals surface area (Å²) in [6.45, 7) is 0. The molecule has 0 saturated heterocycles. The zero-order chi connectivity index (χ0) is 16.9. The van der Waals surface area contributed by atoms with E-state index in [2.05, 4.69) is 45.4 Å². The fourth-order valence-corrected chi connectivity index (χ4v) is 3.87. The Morgan fingerprint density at radius 1 is 0.917 bits per heavy atom. The second-order valence-corrected chi connectivity index (χ2v) is 7.91. The van der Waals surface area contributed by atoms with E-state index in [0.29, 0.717) is 15.6 Å². The van der Waals surface area contributed by atoms with Gasteiger partial charge in [0.25, 0.3) is 0 Å². The van der Waals surface area contributed by atoms with Crippen molar-refractivity contribution in [2.45, 2.75) is 0 Å². The molecule has 0 amide bonds. The van der Waals surface area contributed by atoms with Gasteiger partial charge < -0.3 is 4.42 Å². The predicted molar refractivity (Wildman–Crippen MR) is 103 cm³/mol. The molecule has 4 aromatic rings. The standard InChI is InChI=1S/C20H18NO2S/c1-21(2,3)15-9-8-13-10-16(20(22)23-17(13)12-15)19-11-14-6-4-5-7-18(14)24-19/h4-12H,1-3H3/q+1. The molecule has 4 rings (SSSR count). The van der Waals surface area contributed by atoms with Crippen LogP contribution >= 0.6 is 11.3 Å². The zero-order valence-corrected chi connectivity index (χ0v) is 14.7. The molecule has 0 bridgehead atoms. The van der Waals surface area contributed by atoms with Gasteiger partial charge in [-0.1, -0.05) is 18.2 Å². The van der Waals surface area contributed by atoms with Crippen LogP contribution < -0.4 is 10.1 Å². The molecule has 0 fully saturated rings. The molecule has 0 aliphatic heterocycles. The van der Waals surface area contributed by atoms with E-state index in [1.165, 1.54) is 4.70 Å². The summed E-state index contributed by atoms with van der Waals surface area (Å²) in [5.74, 6) is 0. The van der Waals surface area contributed by atoms with Crippen LogP contribution in [0.4, 0.5) is 5.69 Å². The number of fused-ring (bicyclic) bond motifs is 2. The summed E-state index contributed by atoms with van der Waals surface area (Å²) in [5, 5.41) is 2.09. The number of hydrogen-bond donors (Lipinski definition) is 0. The molecule has 0 aliphatic carbocycles. The molecule has 120 valence electrons. The van der Waals surface area contributed by atoms with Gasteiger partial charge in [-0.15, -0.1) is 11.3 Å². The van der Waals surface area contributed by atoms with Crippen LogP contribution in [0.5, 0.6) is 0 Å². The second kappa shape index (κ2) is 5.30. The average Bonchev–Trinajstić information content (AvgIpc) is 2.96. The Bertz CT molecular complexity index is 1080.